The highest BCUT2D eigenvalue weighted by atomic mass is 16.6. The maximum absolute atomic E-state index is 13.3. The van der Waals surface area contributed by atoms with Crippen LogP contribution in [0, 0.1) is 0 Å². The van der Waals surface area contributed by atoms with E-state index in [0.29, 0.717) is 51.4 Å². The van der Waals surface area contributed by atoms with Crippen molar-refractivity contribution in [2.45, 2.75) is 70.5 Å². The Morgan fingerprint density at radius 3 is 2.35 bits per heavy atom. The third kappa shape index (κ3) is 7.77. The lowest BCUT2D eigenvalue weighted by Gasteiger charge is -2.35. The van der Waals surface area contributed by atoms with Crippen molar-refractivity contribution < 1.29 is 33.4 Å². The van der Waals surface area contributed by atoms with Crippen molar-refractivity contribution in [1.29, 1.82) is 0 Å². The lowest BCUT2D eigenvalue weighted by atomic mass is 9.93. The molecule has 2 N–H and O–H groups in total. The summed E-state index contributed by atoms with van der Waals surface area (Å²) in [6.45, 7) is 5.36. The van der Waals surface area contributed by atoms with Gasteiger partial charge < -0.3 is 34.8 Å². The summed E-state index contributed by atoms with van der Waals surface area (Å²) in [6.07, 6.45) is 4.72. The number of carbonyl (C=O) groups excluding carboxylic acids is 5. The van der Waals surface area contributed by atoms with Gasteiger partial charge in [0.05, 0.1) is 12.3 Å². The fraction of sp³-hybridized carbons (Fsp3) is 0.562. The zero-order valence-corrected chi connectivity index (χ0v) is 26.5. The molecule has 3 fully saturated rings. The fourth-order valence-electron chi connectivity index (χ4n) is 5.73. The molecular weight excluding hydrogens is 594 g/mol. The molecule has 14 heteroatoms. The molecular formula is C32H43N7O7. The number of hydrogen-bond acceptors (Lipinski definition) is 8. The van der Waals surface area contributed by atoms with Gasteiger partial charge in [-0.15, -0.1) is 0 Å². The van der Waals surface area contributed by atoms with Crippen molar-refractivity contribution in [3.8, 4) is 11.6 Å². The number of ether oxygens (including phenoxy) is 2. The molecule has 0 bridgehead atoms. The van der Waals surface area contributed by atoms with Crippen LogP contribution in [-0.4, -0.2) is 118 Å². The van der Waals surface area contributed by atoms with E-state index in [1.54, 1.807) is 33.8 Å². The second-order valence-electron chi connectivity index (χ2n) is 11.9. The molecule has 1 aromatic carbocycles. The van der Waals surface area contributed by atoms with Crippen molar-refractivity contribution in [3.05, 3.63) is 42.1 Å². The minimum absolute atomic E-state index is 0.00775. The molecule has 14 nitrogen and oxygen atoms in total. The summed E-state index contributed by atoms with van der Waals surface area (Å²) in [6, 6.07) is 9.28. The van der Waals surface area contributed by atoms with E-state index >= 15 is 0 Å². The van der Waals surface area contributed by atoms with Crippen LogP contribution < -0.4 is 15.4 Å². The number of para-hydroxylation sites is 1. The van der Waals surface area contributed by atoms with Crippen molar-refractivity contribution in [1.82, 2.24) is 35.1 Å². The van der Waals surface area contributed by atoms with E-state index in [0.717, 1.165) is 32.1 Å². The molecule has 2 atom stereocenters. The molecule has 2 aliphatic heterocycles. The first-order chi connectivity index (χ1) is 22.2. The number of amides is 5. The number of nitrogens with one attached hydrogen (secondary N) is 2. The van der Waals surface area contributed by atoms with E-state index in [9.17, 15) is 24.0 Å². The van der Waals surface area contributed by atoms with Gasteiger partial charge in [-0.1, -0.05) is 25.1 Å². The summed E-state index contributed by atoms with van der Waals surface area (Å²) in [5.74, 6) is -1.13. The normalized spacial score (nSPS) is 18.8. The largest absolute Gasteiger partial charge is 0.467 e. The molecule has 1 aromatic heterocycles. The molecule has 2 unspecified atom stereocenters. The third-order valence-corrected chi connectivity index (χ3v) is 8.58. The maximum atomic E-state index is 13.3. The Kier molecular flexibility index (Phi) is 10.8. The van der Waals surface area contributed by atoms with E-state index in [4.69, 9.17) is 9.47 Å². The van der Waals surface area contributed by atoms with Crippen LogP contribution in [0.25, 0.3) is 5.69 Å². The van der Waals surface area contributed by atoms with Crippen LogP contribution in [0.4, 0.5) is 4.79 Å². The number of nitrogens with zero attached hydrogens (tertiary/aromatic N) is 5. The minimum Gasteiger partial charge on any atom is -0.467 e. The topological polar surface area (TPSA) is 155 Å². The molecule has 2 aromatic rings. The average Bonchev–Trinajstić information content (AvgIpc) is 3.72. The number of benzene rings is 1. The predicted molar refractivity (Wildman–Crippen MR) is 166 cm³/mol. The molecule has 3 heterocycles. The predicted octanol–water partition coefficient (Wildman–Crippen LogP) is 1.72. The molecule has 1 saturated carbocycles. The maximum Gasteiger partial charge on any atom is 0.409 e. The molecule has 5 amide bonds. The number of carbonyl (C=O) groups is 5. The minimum atomic E-state index is -0.850. The number of piperazine rings is 1. The summed E-state index contributed by atoms with van der Waals surface area (Å²) < 4.78 is 12.5. The highest BCUT2D eigenvalue weighted by Crippen LogP contribution is 2.23. The quantitative estimate of drug-likeness (QED) is 0.378. The highest BCUT2D eigenvalue weighted by molar-refractivity contribution is 5.96. The Bertz CT molecular complexity index is 1400. The van der Waals surface area contributed by atoms with Crippen molar-refractivity contribution in [2.24, 2.45) is 0 Å². The van der Waals surface area contributed by atoms with E-state index < -0.39 is 24.1 Å². The first-order valence-corrected chi connectivity index (χ1v) is 16.1. The van der Waals surface area contributed by atoms with Crippen molar-refractivity contribution in [2.75, 3.05) is 45.9 Å². The smallest absolute Gasteiger partial charge is 0.409 e. The van der Waals surface area contributed by atoms with E-state index in [2.05, 4.69) is 15.7 Å². The molecule has 5 rings (SSSR count). The molecule has 1 aliphatic carbocycles. The monoisotopic (exact) mass is 637 g/mol. The van der Waals surface area contributed by atoms with Crippen LogP contribution in [0.3, 0.4) is 0 Å². The van der Waals surface area contributed by atoms with Crippen molar-refractivity contribution >= 4 is 29.7 Å². The van der Waals surface area contributed by atoms with Gasteiger partial charge in [0.1, 0.15) is 12.1 Å². The van der Waals surface area contributed by atoms with Gasteiger partial charge in [-0.3, -0.25) is 19.2 Å². The third-order valence-electron chi connectivity index (χ3n) is 8.58. The Balaban J connectivity index is 1.20. The highest BCUT2D eigenvalue weighted by Gasteiger charge is 2.36. The van der Waals surface area contributed by atoms with Crippen LogP contribution in [0.5, 0.6) is 5.88 Å². The summed E-state index contributed by atoms with van der Waals surface area (Å²) in [5.41, 5.74) is 0.621. The number of rotatable bonds is 11. The number of likely N-dealkylation sites (tertiary alicyclic amines) is 1. The van der Waals surface area contributed by atoms with Crippen LogP contribution in [-0.2, 0) is 19.1 Å². The number of hydrogen-bond donors (Lipinski definition) is 2. The first-order valence-electron chi connectivity index (χ1n) is 16.1. The van der Waals surface area contributed by atoms with Gasteiger partial charge in [-0.25, -0.2) is 9.48 Å². The molecule has 46 heavy (non-hydrogen) atoms. The summed E-state index contributed by atoms with van der Waals surface area (Å²) in [5, 5.41) is 10.2. The van der Waals surface area contributed by atoms with E-state index in [1.165, 1.54) is 10.7 Å². The van der Waals surface area contributed by atoms with Crippen LogP contribution in [0.2, 0.25) is 0 Å². The van der Waals surface area contributed by atoms with Gasteiger partial charge in [-0.05, 0) is 57.6 Å². The first kappa shape index (κ1) is 32.8. The van der Waals surface area contributed by atoms with Crippen LogP contribution in [0.1, 0.15) is 62.9 Å². The molecule has 0 spiro atoms. The van der Waals surface area contributed by atoms with Crippen LogP contribution in [0.15, 0.2) is 36.4 Å². The van der Waals surface area contributed by atoms with Crippen LogP contribution >= 0.6 is 0 Å². The zero-order valence-electron chi connectivity index (χ0n) is 26.5. The fourth-order valence-corrected chi connectivity index (χ4v) is 5.73. The van der Waals surface area contributed by atoms with E-state index in [-0.39, 0.29) is 41.9 Å². The lowest BCUT2D eigenvalue weighted by molar-refractivity contribution is -0.140. The molecule has 3 aliphatic rings. The SMILES string of the molecule is CCCOC(=O)N1CCN(C(=O)C(C)NC(=O)c2cc(OCC(=O)N3CCCC3C(=O)NC3CCC3)n(-c3ccccc3)n2)CC1. The second kappa shape index (κ2) is 15.1. The number of aromatic nitrogens is 2. The van der Waals surface area contributed by atoms with Gasteiger partial charge >= 0.3 is 6.09 Å². The Morgan fingerprint density at radius 2 is 1.67 bits per heavy atom. The molecule has 248 valence electrons. The standard InChI is InChI=1S/C32H43N7O7/c1-3-19-45-32(44)37-17-15-36(16-18-37)31(43)22(2)33-29(41)25-20-28(39(35-25)24-11-5-4-6-12-24)46-21-27(40)38-14-8-13-26(38)30(42)34-23-9-7-10-23/h4-6,11-12,20,22-23,26H,3,7-10,13-19,21H2,1-2H3,(H,33,41)(H,34,42). The van der Waals surface area contributed by atoms with Gasteiger partial charge in [0.15, 0.2) is 12.3 Å². The Hall–Kier alpha value is -4.62. The summed E-state index contributed by atoms with van der Waals surface area (Å²) in [7, 11) is 0. The Labute approximate surface area is 268 Å². The van der Waals surface area contributed by atoms with Crippen molar-refractivity contribution in [3.63, 3.8) is 0 Å². The molecule has 0 radical (unpaired) electrons. The average molecular weight is 638 g/mol. The van der Waals surface area contributed by atoms with Gasteiger partial charge in [0.25, 0.3) is 11.8 Å². The van der Waals surface area contributed by atoms with Gasteiger partial charge in [0, 0.05) is 44.8 Å². The van der Waals surface area contributed by atoms with E-state index in [1.807, 2.05) is 25.1 Å². The summed E-state index contributed by atoms with van der Waals surface area (Å²) >= 11 is 0. The van der Waals surface area contributed by atoms with Gasteiger partial charge in [0.2, 0.25) is 17.7 Å². The lowest BCUT2D eigenvalue weighted by Crippen LogP contribution is -2.55. The van der Waals surface area contributed by atoms with Gasteiger partial charge in [-0.2, -0.15) is 5.10 Å². The zero-order chi connectivity index (χ0) is 32.6. The second-order valence-corrected chi connectivity index (χ2v) is 11.9. The Morgan fingerprint density at radius 1 is 0.957 bits per heavy atom. The summed E-state index contributed by atoms with van der Waals surface area (Å²) in [4.78, 5) is 69.3. The molecule has 2 saturated heterocycles.